The summed E-state index contributed by atoms with van der Waals surface area (Å²) in [4.78, 5) is 0. The van der Waals surface area contributed by atoms with Gasteiger partial charge in [-0.15, -0.1) is 6.58 Å². The molecule has 0 aliphatic carbocycles. The lowest BCUT2D eigenvalue weighted by Gasteiger charge is -2.30. The molecule has 0 aliphatic heterocycles. The van der Waals surface area contributed by atoms with Gasteiger partial charge in [-0.2, -0.15) is 0 Å². The molecule has 1 unspecified atom stereocenters. The van der Waals surface area contributed by atoms with E-state index in [2.05, 4.69) is 40.9 Å². The van der Waals surface area contributed by atoms with Crippen LogP contribution >= 0.6 is 0 Å². The number of rotatable bonds is 13. The highest BCUT2D eigenvalue weighted by molar-refractivity contribution is 6.73. The van der Waals surface area contributed by atoms with E-state index in [0.29, 0.717) is 5.92 Å². The second-order valence-electron chi connectivity index (χ2n) is 5.87. The van der Waals surface area contributed by atoms with Gasteiger partial charge in [0.25, 0.3) is 0 Å². The van der Waals surface area contributed by atoms with Gasteiger partial charge in [0.2, 0.25) is 0 Å². The Morgan fingerprint density at radius 3 is 2.10 bits per heavy atom. The maximum Gasteiger partial charge on any atom is 0.192 e. The van der Waals surface area contributed by atoms with Crippen LogP contribution in [0.1, 0.15) is 59.8 Å². The van der Waals surface area contributed by atoms with E-state index in [9.17, 15) is 0 Å². The zero-order valence-electron chi connectivity index (χ0n) is 14.3. The van der Waals surface area contributed by atoms with Crippen LogP contribution in [0.4, 0.5) is 0 Å². The van der Waals surface area contributed by atoms with Crippen LogP contribution in [0.5, 0.6) is 0 Å². The molecule has 0 fully saturated rings. The molecule has 1 nitrogen and oxygen atoms in total. The molecule has 0 saturated heterocycles. The van der Waals surface area contributed by atoms with Crippen molar-refractivity contribution in [2.75, 3.05) is 6.61 Å². The minimum atomic E-state index is -1.48. The maximum absolute atomic E-state index is 6.39. The molecule has 0 aromatic carbocycles. The van der Waals surface area contributed by atoms with Gasteiger partial charge in [0.05, 0.1) is 0 Å². The van der Waals surface area contributed by atoms with Crippen LogP contribution in [0.15, 0.2) is 24.8 Å². The second-order valence-corrected chi connectivity index (χ2v) is 10.6. The summed E-state index contributed by atoms with van der Waals surface area (Å²) < 4.78 is 6.39. The third-order valence-electron chi connectivity index (χ3n) is 4.66. The Morgan fingerprint density at radius 2 is 1.65 bits per heavy atom. The molecule has 0 rings (SSSR count). The van der Waals surface area contributed by atoms with E-state index >= 15 is 0 Å². The smallest absolute Gasteiger partial charge is 0.192 e. The minimum Gasteiger partial charge on any atom is -0.416 e. The van der Waals surface area contributed by atoms with Crippen molar-refractivity contribution in [3.8, 4) is 0 Å². The maximum atomic E-state index is 6.39. The first-order chi connectivity index (χ1) is 9.59. The topological polar surface area (TPSA) is 9.23 Å². The van der Waals surface area contributed by atoms with Crippen LogP contribution in [0.3, 0.4) is 0 Å². The van der Waals surface area contributed by atoms with E-state index in [1.54, 1.807) is 0 Å². The summed E-state index contributed by atoms with van der Waals surface area (Å²) in [5.41, 5.74) is 1.31. The zero-order chi connectivity index (χ0) is 15.4. The first-order valence-corrected chi connectivity index (χ1v) is 11.1. The molecule has 1 atom stereocenters. The molecule has 0 aliphatic rings. The fraction of sp³-hybridized carbons (Fsp3) is 0.778. The fourth-order valence-corrected chi connectivity index (χ4v) is 5.29. The average Bonchev–Trinajstić information content (AvgIpc) is 2.49. The third kappa shape index (κ3) is 6.89. The first kappa shape index (κ1) is 19.7. The monoisotopic (exact) mass is 296 g/mol. The van der Waals surface area contributed by atoms with Gasteiger partial charge in [-0.25, -0.2) is 0 Å². The molecular weight excluding hydrogens is 260 g/mol. The fourth-order valence-electron chi connectivity index (χ4n) is 2.64. The standard InChI is InChI=1S/C18H36OSi/c1-7-12-13-14-15-17(6)18(8-2)16-19-20(9-3,10-4)11-5/h8,18H,2,6-7,9-16H2,1,3-5H3. The SMILES string of the molecule is C=CC(CO[Si](CC)(CC)CC)C(=C)CCCCCC. The lowest BCUT2D eigenvalue weighted by Crippen LogP contribution is -2.37. The van der Waals surface area contributed by atoms with E-state index in [-0.39, 0.29) is 0 Å². The van der Waals surface area contributed by atoms with E-state index in [4.69, 9.17) is 4.43 Å². The van der Waals surface area contributed by atoms with Crippen LogP contribution in [0.2, 0.25) is 18.1 Å². The van der Waals surface area contributed by atoms with Gasteiger partial charge in [-0.1, -0.05) is 65.2 Å². The Morgan fingerprint density at radius 1 is 1.05 bits per heavy atom. The van der Waals surface area contributed by atoms with Crippen LogP contribution in [0, 0.1) is 5.92 Å². The van der Waals surface area contributed by atoms with Crippen molar-refractivity contribution in [2.24, 2.45) is 5.92 Å². The van der Waals surface area contributed by atoms with Crippen molar-refractivity contribution in [2.45, 2.75) is 77.9 Å². The van der Waals surface area contributed by atoms with E-state index < -0.39 is 8.32 Å². The predicted octanol–water partition coefficient (Wildman–Crippen LogP) is 6.34. The zero-order valence-corrected chi connectivity index (χ0v) is 15.3. The minimum absolute atomic E-state index is 0.341. The quantitative estimate of drug-likeness (QED) is 0.219. The Kier molecular flexibility index (Phi) is 11.1. The van der Waals surface area contributed by atoms with Gasteiger partial charge < -0.3 is 4.43 Å². The molecular formula is C18H36OSi. The Bertz CT molecular complexity index is 260. The third-order valence-corrected chi connectivity index (χ3v) is 9.31. The van der Waals surface area contributed by atoms with Crippen molar-refractivity contribution >= 4 is 8.32 Å². The second kappa shape index (κ2) is 11.3. The normalized spacial score (nSPS) is 13.2. The van der Waals surface area contributed by atoms with Crippen molar-refractivity contribution in [3.05, 3.63) is 24.8 Å². The van der Waals surface area contributed by atoms with Crippen LogP contribution in [-0.2, 0) is 4.43 Å². The molecule has 0 saturated carbocycles. The van der Waals surface area contributed by atoms with Crippen LogP contribution in [0.25, 0.3) is 0 Å². The van der Waals surface area contributed by atoms with Crippen molar-refractivity contribution in [3.63, 3.8) is 0 Å². The Balaban J connectivity index is 4.25. The van der Waals surface area contributed by atoms with Gasteiger partial charge in [0.15, 0.2) is 8.32 Å². The molecule has 0 N–H and O–H groups in total. The summed E-state index contributed by atoms with van der Waals surface area (Å²) in [7, 11) is -1.48. The first-order valence-electron chi connectivity index (χ1n) is 8.53. The molecule has 0 amide bonds. The van der Waals surface area contributed by atoms with Crippen molar-refractivity contribution in [1.29, 1.82) is 0 Å². The number of hydrogen-bond donors (Lipinski definition) is 0. The van der Waals surface area contributed by atoms with Gasteiger partial charge in [-0.05, 0) is 31.0 Å². The summed E-state index contributed by atoms with van der Waals surface area (Å²) in [5.74, 6) is 0.341. The summed E-state index contributed by atoms with van der Waals surface area (Å²) in [6.07, 6.45) is 8.35. The summed E-state index contributed by atoms with van der Waals surface area (Å²) in [6.45, 7) is 18.1. The molecule has 0 aromatic heterocycles. The highest BCUT2D eigenvalue weighted by Crippen LogP contribution is 2.25. The summed E-state index contributed by atoms with van der Waals surface area (Å²) in [5, 5.41) is 0. The van der Waals surface area contributed by atoms with Gasteiger partial charge >= 0.3 is 0 Å². The number of hydrogen-bond acceptors (Lipinski definition) is 1. The lowest BCUT2D eigenvalue weighted by molar-refractivity contribution is 0.273. The molecule has 0 bridgehead atoms. The van der Waals surface area contributed by atoms with E-state index in [1.807, 2.05) is 6.08 Å². The van der Waals surface area contributed by atoms with Crippen molar-refractivity contribution < 1.29 is 4.43 Å². The van der Waals surface area contributed by atoms with E-state index in [0.717, 1.165) is 13.0 Å². The molecule has 0 heterocycles. The van der Waals surface area contributed by atoms with Crippen molar-refractivity contribution in [1.82, 2.24) is 0 Å². The van der Waals surface area contributed by atoms with E-state index in [1.165, 1.54) is 49.4 Å². The molecule has 0 spiro atoms. The highest BCUT2D eigenvalue weighted by Gasteiger charge is 2.29. The average molecular weight is 297 g/mol. The highest BCUT2D eigenvalue weighted by atomic mass is 28.4. The lowest BCUT2D eigenvalue weighted by atomic mass is 9.96. The molecule has 20 heavy (non-hydrogen) atoms. The summed E-state index contributed by atoms with van der Waals surface area (Å²) >= 11 is 0. The molecule has 0 aromatic rings. The van der Waals surface area contributed by atoms with Crippen LogP contribution in [-0.4, -0.2) is 14.9 Å². The predicted molar refractivity (Wildman–Crippen MR) is 94.7 cm³/mol. The number of unbranched alkanes of at least 4 members (excludes halogenated alkanes) is 3. The van der Waals surface area contributed by atoms with Gasteiger partial charge in [-0.3, -0.25) is 0 Å². The molecule has 0 radical (unpaired) electrons. The summed E-state index contributed by atoms with van der Waals surface area (Å²) in [6, 6.07) is 3.65. The Labute approximate surface area is 128 Å². The Hall–Kier alpha value is -0.343. The largest absolute Gasteiger partial charge is 0.416 e. The molecule has 2 heteroatoms. The van der Waals surface area contributed by atoms with Gasteiger partial charge in [0, 0.05) is 12.5 Å². The van der Waals surface area contributed by atoms with Crippen LogP contribution < -0.4 is 0 Å². The molecule has 118 valence electrons. The van der Waals surface area contributed by atoms with Gasteiger partial charge in [0.1, 0.15) is 0 Å².